The fourth-order valence-corrected chi connectivity index (χ4v) is 2.15. The van der Waals surface area contributed by atoms with Crippen molar-refractivity contribution in [2.45, 2.75) is 6.92 Å². The number of rotatable bonds is 4. The monoisotopic (exact) mass is 296 g/mol. The van der Waals surface area contributed by atoms with E-state index in [9.17, 15) is 4.79 Å². The van der Waals surface area contributed by atoms with Gasteiger partial charge in [0.25, 0.3) is 0 Å². The molecule has 2 aromatic rings. The van der Waals surface area contributed by atoms with Crippen LogP contribution in [0.25, 0.3) is 0 Å². The third-order valence-electron chi connectivity index (χ3n) is 3.09. The Morgan fingerprint density at radius 2 is 2.09 bits per heavy atom. The largest absolute Gasteiger partial charge is 0.438 e. The first-order valence-electron chi connectivity index (χ1n) is 7.01. The Labute approximate surface area is 128 Å². The molecule has 112 valence electrons. The van der Waals surface area contributed by atoms with E-state index in [0.717, 1.165) is 30.2 Å². The zero-order valence-electron chi connectivity index (χ0n) is 12.2. The van der Waals surface area contributed by atoms with Crippen LogP contribution >= 0.6 is 0 Å². The highest BCUT2D eigenvalue weighted by Crippen LogP contribution is 2.25. The van der Waals surface area contributed by atoms with Crippen molar-refractivity contribution in [1.82, 2.24) is 10.3 Å². The highest BCUT2D eigenvalue weighted by molar-refractivity contribution is 6.01. The first-order valence-corrected chi connectivity index (χ1v) is 7.01. The standard InChI is InChI=1S/C16H16N4O2/c1-11(21)20-12-4-6-13(7-5-12)22-16-14(3-2-8-19-16)15-17-9-10-18-15/h2-8H,9-10H2,1H3,(H,17,18)(H,20,21). The van der Waals surface area contributed by atoms with Crippen molar-refractivity contribution in [3.63, 3.8) is 0 Å². The average molecular weight is 296 g/mol. The molecule has 22 heavy (non-hydrogen) atoms. The maximum atomic E-state index is 11.0. The number of pyridine rings is 1. The highest BCUT2D eigenvalue weighted by atomic mass is 16.5. The molecule has 3 rings (SSSR count). The first-order chi connectivity index (χ1) is 10.7. The Balaban J connectivity index is 1.80. The van der Waals surface area contributed by atoms with E-state index in [1.54, 1.807) is 30.5 Å². The summed E-state index contributed by atoms with van der Waals surface area (Å²) < 4.78 is 5.84. The molecule has 0 saturated heterocycles. The molecule has 0 saturated carbocycles. The summed E-state index contributed by atoms with van der Waals surface area (Å²) in [5.41, 5.74) is 1.56. The second-order valence-corrected chi connectivity index (χ2v) is 4.82. The zero-order valence-corrected chi connectivity index (χ0v) is 12.2. The van der Waals surface area contributed by atoms with Crippen molar-refractivity contribution in [3.05, 3.63) is 48.2 Å². The third-order valence-corrected chi connectivity index (χ3v) is 3.09. The topological polar surface area (TPSA) is 75.6 Å². The molecule has 1 aliphatic heterocycles. The van der Waals surface area contributed by atoms with E-state index in [2.05, 4.69) is 20.6 Å². The summed E-state index contributed by atoms with van der Waals surface area (Å²) in [4.78, 5) is 19.7. The van der Waals surface area contributed by atoms with E-state index in [-0.39, 0.29) is 5.91 Å². The summed E-state index contributed by atoms with van der Waals surface area (Å²) >= 11 is 0. The lowest BCUT2D eigenvalue weighted by Crippen LogP contribution is -2.20. The van der Waals surface area contributed by atoms with Crippen molar-refractivity contribution < 1.29 is 9.53 Å². The maximum absolute atomic E-state index is 11.0. The summed E-state index contributed by atoms with van der Waals surface area (Å²) in [7, 11) is 0. The molecule has 1 aromatic carbocycles. The van der Waals surface area contributed by atoms with Gasteiger partial charge in [-0.15, -0.1) is 0 Å². The van der Waals surface area contributed by atoms with Crippen molar-refractivity contribution in [2.24, 2.45) is 4.99 Å². The number of nitrogens with zero attached hydrogens (tertiary/aromatic N) is 2. The minimum absolute atomic E-state index is 0.106. The van der Waals surface area contributed by atoms with Crippen LogP contribution in [0, 0.1) is 0 Å². The number of amides is 1. The Morgan fingerprint density at radius 3 is 2.77 bits per heavy atom. The minimum Gasteiger partial charge on any atom is -0.438 e. The number of hydrogen-bond acceptors (Lipinski definition) is 5. The van der Waals surface area contributed by atoms with Gasteiger partial charge in [-0.3, -0.25) is 9.79 Å². The lowest BCUT2D eigenvalue weighted by atomic mass is 10.2. The van der Waals surface area contributed by atoms with Crippen molar-refractivity contribution in [1.29, 1.82) is 0 Å². The van der Waals surface area contributed by atoms with Gasteiger partial charge in [0.1, 0.15) is 11.6 Å². The van der Waals surface area contributed by atoms with Gasteiger partial charge in [-0.1, -0.05) is 0 Å². The minimum atomic E-state index is -0.106. The second kappa shape index (κ2) is 6.26. The van der Waals surface area contributed by atoms with Gasteiger partial charge >= 0.3 is 0 Å². The molecule has 2 heterocycles. The molecule has 1 aromatic heterocycles. The molecule has 1 amide bonds. The highest BCUT2D eigenvalue weighted by Gasteiger charge is 2.14. The molecular weight excluding hydrogens is 280 g/mol. The van der Waals surface area contributed by atoms with Crippen LogP contribution in [0.4, 0.5) is 5.69 Å². The Bertz CT molecular complexity index is 710. The van der Waals surface area contributed by atoms with Crippen LogP contribution in [0.2, 0.25) is 0 Å². The number of benzene rings is 1. The van der Waals surface area contributed by atoms with Crippen LogP contribution in [0.15, 0.2) is 47.6 Å². The number of aromatic nitrogens is 1. The quantitative estimate of drug-likeness (QED) is 0.906. The number of carbonyl (C=O) groups is 1. The Kier molecular flexibility index (Phi) is 4.00. The maximum Gasteiger partial charge on any atom is 0.230 e. The van der Waals surface area contributed by atoms with Crippen LogP contribution in [0.1, 0.15) is 12.5 Å². The molecule has 0 spiro atoms. The summed E-state index contributed by atoms with van der Waals surface area (Å²) in [6, 6.07) is 10.9. The molecular formula is C16H16N4O2. The SMILES string of the molecule is CC(=O)Nc1ccc(Oc2ncccc2C2=NCCN2)cc1. The molecule has 0 unspecified atom stereocenters. The van der Waals surface area contributed by atoms with Gasteiger partial charge in [0.2, 0.25) is 11.8 Å². The van der Waals surface area contributed by atoms with Gasteiger partial charge in [0.15, 0.2) is 0 Å². The summed E-state index contributed by atoms with van der Waals surface area (Å²) in [5, 5.41) is 5.93. The fraction of sp³-hybridized carbons (Fsp3) is 0.188. The van der Waals surface area contributed by atoms with Gasteiger partial charge in [0, 0.05) is 25.4 Å². The van der Waals surface area contributed by atoms with E-state index < -0.39 is 0 Å². The van der Waals surface area contributed by atoms with Gasteiger partial charge in [-0.05, 0) is 36.4 Å². The number of ether oxygens (including phenoxy) is 1. The number of anilines is 1. The van der Waals surface area contributed by atoms with E-state index in [1.807, 2.05) is 12.1 Å². The van der Waals surface area contributed by atoms with Gasteiger partial charge < -0.3 is 15.4 Å². The van der Waals surface area contributed by atoms with Gasteiger partial charge in [-0.2, -0.15) is 0 Å². The summed E-state index contributed by atoms with van der Waals surface area (Å²) in [6.07, 6.45) is 1.68. The average Bonchev–Trinajstić information content (AvgIpc) is 3.03. The third kappa shape index (κ3) is 3.22. The number of amidine groups is 1. The van der Waals surface area contributed by atoms with Gasteiger partial charge in [-0.25, -0.2) is 4.98 Å². The van der Waals surface area contributed by atoms with Crippen molar-refractivity contribution >= 4 is 17.4 Å². The van der Waals surface area contributed by atoms with Crippen LogP contribution in [-0.4, -0.2) is 29.8 Å². The van der Waals surface area contributed by atoms with Crippen molar-refractivity contribution in [3.8, 4) is 11.6 Å². The number of hydrogen-bond donors (Lipinski definition) is 2. The molecule has 2 N–H and O–H groups in total. The van der Waals surface area contributed by atoms with E-state index in [1.165, 1.54) is 6.92 Å². The van der Waals surface area contributed by atoms with Crippen LogP contribution in [-0.2, 0) is 4.79 Å². The zero-order chi connectivity index (χ0) is 15.4. The molecule has 0 fully saturated rings. The number of carbonyl (C=O) groups excluding carboxylic acids is 1. The number of aliphatic imine (C=N–C) groups is 1. The molecule has 0 atom stereocenters. The predicted molar refractivity (Wildman–Crippen MR) is 84.5 cm³/mol. The van der Waals surface area contributed by atoms with E-state index >= 15 is 0 Å². The Morgan fingerprint density at radius 1 is 1.27 bits per heavy atom. The normalized spacial score (nSPS) is 13.2. The molecule has 1 aliphatic rings. The van der Waals surface area contributed by atoms with Crippen molar-refractivity contribution in [2.75, 3.05) is 18.4 Å². The molecule has 0 bridgehead atoms. The molecule has 0 radical (unpaired) electrons. The molecule has 6 nitrogen and oxygen atoms in total. The first kappa shape index (κ1) is 14.1. The Hall–Kier alpha value is -2.89. The molecule has 0 aliphatic carbocycles. The van der Waals surface area contributed by atoms with Gasteiger partial charge in [0.05, 0.1) is 12.1 Å². The lowest BCUT2D eigenvalue weighted by Gasteiger charge is -2.10. The van der Waals surface area contributed by atoms with Crippen LogP contribution in [0.3, 0.4) is 0 Å². The van der Waals surface area contributed by atoms with E-state index in [4.69, 9.17) is 4.74 Å². The van der Waals surface area contributed by atoms with Crippen LogP contribution < -0.4 is 15.4 Å². The predicted octanol–water partition coefficient (Wildman–Crippen LogP) is 2.18. The summed E-state index contributed by atoms with van der Waals surface area (Å²) in [5.74, 6) is 1.85. The number of nitrogens with one attached hydrogen (secondary N) is 2. The molecule has 6 heteroatoms. The lowest BCUT2D eigenvalue weighted by molar-refractivity contribution is -0.114. The smallest absolute Gasteiger partial charge is 0.230 e. The van der Waals surface area contributed by atoms with Crippen LogP contribution in [0.5, 0.6) is 11.6 Å². The second-order valence-electron chi connectivity index (χ2n) is 4.82. The summed E-state index contributed by atoms with van der Waals surface area (Å²) in [6.45, 7) is 3.06. The fourth-order valence-electron chi connectivity index (χ4n) is 2.15. The van der Waals surface area contributed by atoms with E-state index in [0.29, 0.717) is 11.6 Å².